The van der Waals surface area contributed by atoms with Crippen molar-refractivity contribution in [1.29, 1.82) is 5.26 Å². The number of ether oxygens (including phenoxy) is 2. The molecule has 2 rings (SSSR count). The van der Waals surface area contributed by atoms with Gasteiger partial charge in [0.2, 0.25) is 0 Å². The summed E-state index contributed by atoms with van der Waals surface area (Å²) in [6, 6.07) is 6.81. The predicted octanol–water partition coefficient (Wildman–Crippen LogP) is 2.70. The first-order valence-corrected chi connectivity index (χ1v) is 7.78. The van der Waals surface area contributed by atoms with Crippen molar-refractivity contribution in [3.05, 3.63) is 40.5 Å². The maximum Gasteiger partial charge on any atom is 0.271 e. The Kier molecular flexibility index (Phi) is 5.28. The van der Waals surface area contributed by atoms with Crippen LogP contribution in [0.5, 0.6) is 11.5 Å². The molecule has 0 radical (unpaired) electrons. The molecule has 6 nitrogen and oxygen atoms in total. The van der Waals surface area contributed by atoms with Gasteiger partial charge in [0, 0.05) is 11.6 Å². The zero-order valence-corrected chi connectivity index (χ0v) is 14.9. The molecule has 1 heterocycles. The molecular weight excluding hydrogens is 320 g/mol. The molecule has 0 aromatic heterocycles. The summed E-state index contributed by atoms with van der Waals surface area (Å²) in [5, 5.41) is 9.32. The number of imide groups is 1. The van der Waals surface area contributed by atoms with Gasteiger partial charge in [0.05, 0.1) is 14.2 Å². The number of hydrogen-bond donors (Lipinski definition) is 0. The maximum atomic E-state index is 12.8. The average molecular weight is 340 g/mol. The highest BCUT2D eigenvalue weighted by Gasteiger charge is 2.36. The maximum absolute atomic E-state index is 12.8. The van der Waals surface area contributed by atoms with Crippen LogP contribution in [0.4, 0.5) is 0 Å². The molecular formula is C19H20N2O4. The number of hydrogen-bond acceptors (Lipinski definition) is 5. The molecule has 0 bridgehead atoms. The van der Waals surface area contributed by atoms with Crippen LogP contribution in [0.15, 0.2) is 34.9 Å². The number of benzene rings is 1. The third kappa shape index (κ3) is 3.26. The lowest BCUT2D eigenvalue weighted by atomic mass is 9.93. The first-order chi connectivity index (χ1) is 11.8. The summed E-state index contributed by atoms with van der Waals surface area (Å²) in [7, 11) is 3.07. The summed E-state index contributed by atoms with van der Waals surface area (Å²) in [6.07, 6.45) is 1.65. The van der Waals surface area contributed by atoms with Crippen LogP contribution in [0.2, 0.25) is 0 Å². The van der Waals surface area contributed by atoms with Crippen molar-refractivity contribution >= 4 is 17.9 Å². The van der Waals surface area contributed by atoms with Gasteiger partial charge >= 0.3 is 0 Å². The predicted molar refractivity (Wildman–Crippen MR) is 92.8 cm³/mol. The molecule has 1 aromatic carbocycles. The minimum absolute atomic E-state index is 0.0139. The van der Waals surface area contributed by atoms with Crippen molar-refractivity contribution < 1.29 is 19.1 Å². The van der Waals surface area contributed by atoms with Gasteiger partial charge in [0.25, 0.3) is 11.8 Å². The van der Waals surface area contributed by atoms with Crippen LogP contribution in [0.1, 0.15) is 26.3 Å². The lowest BCUT2D eigenvalue weighted by Gasteiger charge is -2.30. The molecule has 25 heavy (non-hydrogen) atoms. The van der Waals surface area contributed by atoms with Crippen LogP contribution in [0, 0.1) is 11.3 Å². The molecule has 2 amide bonds. The normalized spacial score (nSPS) is 16.5. The Bertz CT molecular complexity index is 828. The number of nitriles is 1. The van der Waals surface area contributed by atoms with E-state index in [0.717, 1.165) is 4.90 Å². The van der Waals surface area contributed by atoms with E-state index in [0.29, 0.717) is 28.2 Å². The third-order valence-electron chi connectivity index (χ3n) is 4.01. The van der Waals surface area contributed by atoms with Crippen LogP contribution < -0.4 is 9.47 Å². The number of carbonyl (C=O) groups excluding carboxylic acids is 2. The SMILES string of the molecule is COc1ccc(/C=C2/C(=O)N(C(C)C)C(=O)C(C#N)=C2C)cc1OC. The number of nitrogens with zero attached hydrogens (tertiary/aromatic N) is 2. The van der Waals surface area contributed by atoms with Gasteiger partial charge in [-0.15, -0.1) is 0 Å². The van der Waals surface area contributed by atoms with Crippen molar-refractivity contribution in [3.63, 3.8) is 0 Å². The molecule has 0 aliphatic carbocycles. The second-order valence-corrected chi connectivity index (χ2v) is 5.86. The van der Waals surface area contributed by atoms with Gasteiger partial charge in [0.1, 0.15) is 11.6 Å². The van der Waals surface area contributed by atoms with Gasteiger partial charge in [-0.3, -0.25) is 14.5 Å². The molecule has 1 aromatic rings. The topological polar surface area (TPSA) is 79.6 Å². The zero-order valence-electron chi connectivity index (χ0n) is 14.9. The molecule has 0 unspecified atom stereocenters. The summed E-state index contributed by atoms with van der Waals surface area (Å²) in [5.41, 5.74) is 1.39. The highest BCUT2D eigenvalue weighted by molar-refractivity contribution is 6.19. The second kappa shape index (κ2) is 7.22. The minimum Gasteiger partial charge on any atom is -0.493 e. The molecule has 1 aliphatic rings. The summed E-state index contributed by atoms with van der Waals surface area (Å²) < 4.78 is 10.5. The number of carbonyl (C=O) groups is 2. The number of rotatable bonds is 4. The highest BCUT2D eigenvalue weighted by Crippen LogP contribution is 2.31. The first-order valence-electron chi connectivity index (χ1n) is 7.78. The van der Waals surface area contributed by atoms with E-state index in [9.17, 15) is 14.9 Å². The summed E-state index contributed by atoms with van der Waals surface area (Å²) in [6.45, 7) is 5.08. The molecule has 130 valence electrons. The van der Waals surface area contributed by atoms with Gasteiger partial charge in [-0.05, 0) is 50.1 Å². The van der Waals surface area contributed by atoms with Crippen molar-refractivity contribution in [3.8, 4) is 17.6 Å². The van der Waals surface area contributed by atoms with Gasteiger partial charge < -0.3 is 9.47 Å². The van der Waals surface area contributed by atoms with Crippen LogP contribution in [-0.4, -0.2) is 37.0 Å². The van der Waals surface area contributed by atoms with E-state index < -0.39 is 11.8 Å². The fourth-order valence-electron chi connectivity index (χ4n) is 2.68. The summed E-state index contributed by atoms with van der Waals surface area (Å²) >= 11 is 0. The Morgan fingerprint density at radius 1 is 1.12 bits per heavy atom. The summed E-state index contributed by atoms with van der Waals surface area (Å²) in [4.78, 5) is 26.2. The smallest absolute Gasteiger partial charge is 0.271 e. The monoisotopic (exact) mass is 340 g/mol. The molecule has 0 N–H and O–H groups in total. The van der Waals surface area contributed by atoms with Crippen LogP contribution in [-0.2, 0) is 9.59 Å². The molecule has 0 saturated heterocycles. The molecule has 0 fully saturated rings. The van der Waals surface area contributed by atoms with Crippen LogP contribution >= 0.6 is 0 Å². The van der Waals surface area contributed by atoms with Crippen molar-refractivity contribution in [2.75, 3.05) is 14.2 Å². The molecule has 0 atom stereocenters. The van der Waals surface area contributed by atoms with Crippen LogP contribution in [0.25, 0.3) is 6.08 Å². The Balaban J connectivity index is 2.61. The van der Waals surface area contributed by atoms with Gasteiger partial charge in [-0.1, -0.05) is 6.07 Å². The molecule has 1 aliphatic heterocycles. The van der Waals surface area contributed by atoms with Gasteiger partial charge in [-0.25, -0.2) is 0 Å². The Hall–Kier alpha value is -3.07. The fourth-order valence-corrected chi connectivity index (χ4v) is 2.68. The fraction of sp³-hybridized carbons (Fsp3) is 0.316. The summed E-state index contributed by atoms with van der Waals surface area (Å²) in [5.74, 6) is 0.137. The van der Waals surface area contributed by atoms with E-state index in [4.69, 9.17) is 9.47 Å². The Morgan fingerprint density at radius 2 is 1.76 bits per heavy atom. The lowest BCUT2D eigenvalue weighted by Crippen LogP contribution is -2.46. The average Bonchev–Trinajstić information content (AvgIpc) is 2.58. The third-order valence-corrected chi connectivity index (χ3v) is 4.01. The van der Waals surface area contributed by atoms with E-state index in [1.807, 2.05) is 6.07 Å². The van der Waals surface area contributed by atoms with Gasteiger partial charge in [0.15, 0.2) is 11.5 Å². The number of methoxy groups -OCH3 is 2. The highest BCUT2D eigenvalue weighted by atomic mass is 16.5. The van der Waals surface area contributed by atoms with E-state index in [1.165, 1.54) is 7.11 Å². The Morgan fingerprint density at radius 3 is 2.28 bits per heavy atom. The Labute approximate surface area is 146 Å². The zero-order chi connectivity index (χ0) is 18.7. The molecule has 0 saturated carbocycles. The van der Waals surface area contributed by atoms with E-state index in [2.05, 4.69) is 0 Å². The van der Waals surface area contributed by atoms with Crippen LogP contribution in [0.3, 0.4) is 0 Å². The lowest BCUT2D eigenvalue weighted by molar-refractivity contribution is -0.142. The van der Waals surface area contributed by atoms with Crippen molar-refractivity contribution in [1.82, 2.24) is 4.90 Å². The largest absolute Gasteiger partial charge is 0.493 e. The van der Waals surface area contributed by atoms with Crippen molar-refractivity contribution in [2.24, 2.45) is 0 Å². The molecule has 0 spiro atoms. The standard InChI is InChI=1S/C19H20N2O4/c1-11(2)21-18(22)14(12(3)15(10-20)19(21)23)8-13-6-7-16(24-4)17(9-13)25-5/h6-9,11H,1-5H3/b14-8+. The first kappa shape index (κ1) is 18.3. The number of amides is 2. The van der Waals surface area contributed by atoms with Crippen molar-refractivity contribution in [2.45, 2.75) is 26.8 Å². The van der Waals surface area contributed by atoms with E-state index >= 15 is 0 Å². The molecule has 6 heteroatoms. The minimum atomic E-state index is -0.551. The second-order valence-electron chi connectivity index (χ2n) is 5.86. The van der Waals surface area contributed by atoms with E-state index in [1.54, 1.807) is 52.2 Å². The van der Waals surface area contributed by atoms with Gasteiger partial charge in [-0.2, -0.15) is 5.26 Å². The quantitative estimate of drug-likeness (QED) is 0.622. The van der Waals surface area contributed by atoms with E-state index in [-0.39, 0.29) is 11.6 Å².